The number of carboxylic acid groups (broad SMARTS) is 1. The van der Waals surface area contributed by atoms with Crippen LogP contribution in [0.4, 0.5) is 9.59 Å². The lowest BCUT2D eigenvalue weighted by Gasteiger charge is -2.31. The molecule has 0 aromatic heterocycles. The number of carbonyl (C=O) groups is 3. The number of aliphatic carboxylic acids is 1. The summed E-state index contributed by atoms with van der Waals surface area (Å²) in [7, 11) is 0. The van der Waals surface area contributed by atoms with Gasteiger partial charge in [-0.1, -0.05) is 164 Å². The Hall–Kier alpha value is -3.63. The van der Waals surface area contributed by atoms with Crippen molar-refractivity contribution in [1.82, 2.24) is 20.4 Å². The molecule has 2 aromatic rings. The zero-order valence-corrected chi connectivity index (χ0v) is 43.3. The van der Waals surface area contributed by atoms with Crippen molar-refractivity contribution in [3.63, 3.8) is 0 Å². The molecule has 3 N–H and O–H groups in total. The number of aryl methyl sites for hydroxylation is 2. The molecule has 4 saturated carbocycles. The summed E-state index contributed by atoms with van der Waals surface area (Å²) in [6.07, 6.45) is 28.1. The van der Waals surface area contributed by atoms with E-state index < -0.39 is 5.97 Å². The maximum absolute atomic E-state index is 13.2. The Labute approximate surface area is 412 Å². The van der Waals surface area contributed by atoms with E-state index in [9.17, 15) is 19.5 Å². The highest BCUT2D eigenvalue weighted by Gasteiger charge is 2.27. The maximum Gasteiger partial charge on any atom is 0.317 e. The Morgan fingerprint density at radius 1 is 0.588 bits per heavy atom. The van der Waals surface area contributed by atoms with E-state index in [1.165, 1.54) is 107 Å². The van der Waals surface area contributed by atoms with E-state index in [0.29, 0.717) is 63.9 Å². The van der Waals surface area contributed by atoms with Gasteiger partial charge < -0.3 is 35.0 Å². The first-order chi connectivity index (χ1) is 33.0. The molecule has 0 spiro atoms. The van der Waals surface area contributed by atoms with Crippen molar-refractivity contribution < 1.29 is 29.0 Å². The lowest BCUT2D eigenvalue weighted by atomic mass is 9.82. The van der Waals surface area contributed by atoms with Crippen LogP contribution in [0.1, 0.15) is 197 Å². The van der Waals surface area contributed by atoms with E-state index in [0.717, 1.165) is 75.2 Å². The molecular formula is C58H94N4O6. The van der Waals surface area contributed by atoms with Gasteiger partial charge >= 0.3 is 18.0 Å². The Morgan fingerprint density at radius 2 is 1.01 bits per heavy atom. The van der Waals surface area contributed by atoms with Crippen LogP contribution < -0.4 is 10.6 Å². The van der Waals surface area contributed by atoms with E-state index in [-0.39, 0.29) is 30.1 Å². The Kier molecular flexibility index (Phi) is 25.1. The predicted octanol–water partition coefficient (Wildman–Crippen LogP) is 13.5. The lowest BCUT2D eigenvalue weighted by Crippen LogP contribution is -2.46. The second-order valence-electron chi connectivity index (χ2n) is 21.5. The number of carbonyl (C=O) groups excluding carboxylic acids is 2. The minimum Gasteiger partial charge on any atom is -0.481 e. The van der Waals surface area contributed by atoms with Gasteiger partial charge in [0.25, 0.3) is 0 Å². The predicted molar refractivity (Wildman–Crippen MR) is 277 cm³/mol. The highest BCUT2D eigenvalue weighted by atomic mass is 16.5. The molecule has 6 rings (SSSR count). The van der Waals surface area contributed by atoms with Crippen LogP contribution in [-0.2, 0) is 27.4 Å². The van der Waals surface area contributed by atoms with Gasteiger partial charge in [-0.25, -0.2) is 9.59 Å². The van der Waals surface area contributed by atoms with Crippen LogP contribution in [0.2, 0.25) is 0 Å². The first-order valence-corrected chi connectivity index (χ1v) is 27.7. The molecule has 68 heavy (non-hydrogen) atoms. The fraction of sp³-hybridized carbons (Fsp3) is 0.741. The molecule has 382 valence electrons. The van der Waals surface area contributed by atoms with Gasteiger partial charge in [-0.05, 0) is 113 Å². The highest BCUT2D eigenvalue weighted by molar-refractivity contribution is 5.75. The topological polar surface area (TPSA) is 120 Å². The monoisotopic (exact) mass is 943 g/mol. The third-order valence-electron chi connectivity index (χ3n) is 15.9. The molecule has 6 unspecified atom stereocenters. The number of benzene rings is 2. The van der Waals surface area contributed by atoms with Gasteiger partial charge in [0.1, 0.15) is 0 Å². The number of nitrogens with one attached hydrogen (secondary N) is 2. The van der Waals surface area contributed by atoms with Crippen LogP contribution in [0, 0.1) is 37.5 Å². The molecule has 4 aliphatic rings. The number of ether oxygens (including phenoxy) is 2. The summed E-state index contributed by atoms with van der Waals surface area (Å²) in [5.41, 5.74) is 4.79. The van der Waals surface area contributed by atoms with Crippen LogP contribution >= 0.6 is 0 Å². The SMILES string of the molecule is CCC(C)CCC1CCCC(OCCN(Cc2ccc(C)cc2)C(=O)NC2CCCCC2)C1.CCC(CCC1CCCC(OCCN(Cc2ccc(C)cc2)C(=O)NC2CCCCC2)C1)C(=O)O. The first kappa shape index (κ1) is 55.3. The van der Waals surface area contributed by atoms with Crippen LogP contribution in [0.3, 0.4) is 0 Å². The molecule has 4 aliphatic carbocycles. The number of rotatable bonds is 23. The van der Waals surface area contributed by atoms with E-state index in [1.807, 2.05) is 16.7 Å². The minimum atomic E-state index is -0.670. The third kappa shape index (κ3) is 20.8. The Morgan fingerprint density at radius 3 is 1.41 bits per heavy atom. The summed E-state index contributed by atoms with van der Waals surface area (Å²) < 4.78 is 12.6. The van der Waals surface area contributed by atoms with Crippen LogP contribution in [0.15, 0.2) is 48.5 Å². The number of nitrogens with zero attached hydrogens (tertiary/aromatic N) is 2. The number of hydrogen-bond acceptors (Lipinski definition) is 5. The molecule has 6 atom stereocenters. The number of hydrogen-bond donors (Lipinski definition) is 3. The van der Waals surface area contributed by atoms with Gasteiger partial charge in [0.05, 0.1) is 31.3 Å². The molecule has 10 nitrogen and oxygen atoms in total. The molecule has 4 fully saturated rings. The Bertz CT molecular complexity index is 1710. The fourth-order valence-electron chi connectivity index (χ4n) is 11.0. The van der Waals surface area contributed by atoms with Crippen molar-refractivity contribution in [3.05, 3.63) is 70.8 Å². The van der Waals surface area contributed by atoms with Gasteiger partial charge in [-0.3, -0.25) is 4.79 Å². The summed E-state index contributed by atoms with van der Waals surface area (Å²) >= 11 is 0. The summed E-state index contributed by atoms with van der Waals surface area (Å²) in [6.45, 7) is 14.4. The molecule has 0 aliphatic heterocycles. The Balaban J connectivity index is 0.000000255. The maximum atomic E-state index is 13.2. The average molecular weight is 943 g/mol. The largest absolute Gasteiger partial charge is 0.481 e. The zero-order chi connectivity index (χ0) is 48.5. The molecule has 0 bridgehead atoms. The molecule has 10 heteroatoms. The number of carboxylic acids is 1. The van der Waals surface area contributed by atoms with Gasteiger partial charge in [0, 0.05) is 38.3 Å². The first-order valence-electron chi connectivity index (χ1n) is 27.7. The van der Waals surface area contributed by atoms with Crippen molar-refractivity contribution in [1.29, 1.82) is 0 Å². The molecule has 4 amide bonds. The van der Waals surface area contributed by atoms with Crippen molar-refractivity contribution in [3.8, 4) is 0 Å². The molecule has 0 heterocycles. The van der Waals surface area contributed by atoms with Gasteiger partial charge in [-0.2, -0.15) is 0 Å². The van der Waals surface area contributed by atoms with E-state index in [1.54, 1.807) is 0 Å². The van der Waals surface area contributed by atoms with Crippen molar-refractivity contribution in [2.45, 2.75) is 226 Å². The average Bonchev–Trinajstić information content (AvgIpc) is 3.35. The fourth-order valence-corrected chi connectivity index (χ4v) is 11.0. The van der Waals surface area contributed by atoms with Gasteiger partial charge in [0.2, 0.25) is 0 Å². The number of amides is 4. The molecule has 0 saturated heterocycles. The second kappa shape index (κ2) is 30.9. The highest BCUT2D eigenvalue weighted by Crippen LogP contribution is 2.33. The summed E-state index contributed by atoms with van der Waals surface area (Å²) in [5.74, 6) is 1.30. The lowest BCUT2D eigenvalue weighted by molar-refractivity contribution is -0.142. The van der Waals surface area contributed by atoms with E-state index in [2.05, 4.69) is 86.9 Å². The quantitative estimate of drug-likeness (QED) is 0.102. The molecule has 2 aromatic carbocycles. The van der Waals surface area contributed by atoms with Crippen molar-refractivity contribution in [2.75, 3.05) is 26.3 Å². The van der Waals surface area contributed by atoms with Crippen LogP contribution in [0.5, 0.6) is 0 Å². The summed E-state index contributed by atoms with van der Waals surface area (Å²) in [4.78, 5) is 41.5. The van der Waals surface area contributed by atoms with Gasteiger partial charge in [0.15, 0.2) is 0 Å². The number of urea groups is 2. The van der Waals surface area contributed by atoms with E-state index >= 15 is 0 Å². The minimum absolute atomic E-state index is 0.0156. The summed E-state index contributed by atoms with van der Waals surface area (Å²) in [6, 6.07) is 17.6. The van der Waals surface area contributed by atoms with Crippen molar-refractivity contribution >= 4 is 18.0 Å². The smallest absolute Gasteiger partial charge is 0.317 e. The molecular weight excluding hydrogens is 849 g/mol. The standard InChI is InChI=1S/C29H46N2O4.C29H48N2O2/c1-3-25(28(32)33)17-16-23-8-7-11-27(20-23)35-19-18-31(21-24-14-12-22(2)13-15-24)29(34)30-26-9-5-4-6-10-26;1-4-23(2)13-16-25-9-8-12-28(21-25)33-20-19-31(22-26-17-14-24(3)15-18-26)29(32)30-27-10-6-5-7-11-27/h12-15,23,25-27H,3-11,16-21H2,1-2H3,(H,30,34)(H,32,33);14-15,17-18,23,25,27-28H,4-13,16,19-22H2,1-3H3,(H,30,32). The second-order valence-corrected chi connectivity index (χ2v) is 21.5. The van der Waals surface area contributed by atoms with Crippen LogP contribution in [0.25, 0.3) is 0 Å². The summed E-state index contributed by atoms with van der Waals surface area (Å²) in [5, 5.41) is 15.9. The third-order valence-corrected chi connectivity index (χ3v) is 15.9. The zero-order valence-electron chi connectivity index (χ0n) is 43.3. The van der Waals surface area contributed by atoms with Crippen LogP contribution in [-0.4, -0.2) is 83.5 Å². The van der Waals surface area contributed by atoms with E-state index in [4.69, 9.17) is 9.47 Å². The molecule has 0 radical (unpaired) electrons. The van der Waals surface area contributed by atoms with Crippen molar-refractivity contribution in [2.24, 2.45) is 23.7 Å². The normalized spacial score (nSPS) is 22.2. The van der Waals surface area contributed by atoms with Gasteiger partial charge in [-0.15, -0.1) is 0 Å².